The predicted molar refractivity (Wildman–Crippen MR) is 77.6 cm³/mol. The molecule has 8 heteroatoms. The Morgan fingerprint density at radius 2 is 2.14 bits per heavy atom. The summed E-state index contributed by atoms with van der Waals surface area (Å²) in [6, 6.07) is 0. The van der Waals surface area contributed by atoms with Crippen molar-refractivity contribution in [3.05, 3.63) is 21.6 Å². The number of nitrogens with zero attached hydrogens (tertiary/aromatic N) is 3. The molecule has 2 atom stereocenters. The maximum atomic E-state index is 12.2. The number of nitrogens with one attached hydrogen (secondary N) is 1. The van der Waals surface area contributed by atoms with E-state index in [1.54, 1.807) is 6.20 Å². The number of methoxy groups -OCH3 is 1. The number of anilines is 1. The third kappa shape index (κ3) is 2.63. The monoisotopic (exact) mass is 312 g/mol. The van der Waals surface area contributed by atoms with Crippen molar-refractivity contribution >= 4 is 23.3 Å². The first-order valence-corrected chi connectivity index (χ1v) is 7.26. The molecule has 21 heavy (non-hydrogen) atoms. The molecular formula is C13H17ClN4O3. The molecule has 3 heterocycles. The number of fused-ring (bicyclic) bond motifs is 1. The highest BCUT2D eigenvalue weighted by Gasteiger charge is 2.37. The fraction of sp³-hybridized carbons (Fsp3) is 0.615. The normalized spacial score (nSPS) is 24.2. The number of carbonyl (C=O) groups excluding carboxylic acids is 1. The van der Waals surface area contributed by atoms with Crippen LogP contribution in [0.3, 0.4) is 0 Å². The first-order valence-electron chi connectivity index (χ1n) is 6.88. The largest absolute Gasteiger partial charge is 0.468 e. The van der Waals surface area contributed by atoms with Crippen molar-refractivity contribution in [1.82, 2.24) is 15.1 Å². The maximum Gasteiger partial charge on any atom is 0.327 e. The molecule has 2 aliphatic heterocycles. The van der Waals surface area contributed by atoms with Crippen molar-refractivity contribution in [3.8, 4) is 0 Å². The molecule has 0 bridgehead atoms. The number of rotatable bonds is 3. The number of hydrogen-bond acceptors (Lipinski definition) is 6. The van der Waals surface area contributed by atoms with Gasteiger partial charge in [-0.25, -0.2) is 4.68 Å². The lowest BCUT2D eigenvalue weighted by Gasteiger charge is -2.20. The highest BCUT2D eigenvalue weighted by molar-refractivity contribution is 6.33. The standard InChI is InChI=1S/C13H17ClN4O3/c1-21-11(19)7-18-13(20)12(14)10(4-16-18)17-5-8-2-15-3-9(8)6-17/h4,8-9,15H,2-3,5-7H2,1H3. The van der Waals surface area contributed by atoms with Crippen LogP contribution in [0.15, 0.2) is 11.0 Å². The molecule has 0 aliphatic carbocycles. The average molecular weight is 313 g/mol. The van der Waals surface area contributed by atoms with Gasteiger partial charge in [-0.2, -0.15) is 5.10 Å². The minimum Gasteiger partial charge on any atom is -0.468 e. The smallest absolute Gasteiger partial charge is 0.327 e. The zero-order chi connectivity index (χ0) is 15.0. The SMILES string of the molecule is COC(=O)Cn1ncc(N2CC3CNCC3C2)c(Cl)c1=O. The Morgan fingerprint density at radius 1 is 1.48 bits per heavy atom. The topological polar surface area (TPSA) is 76.5 Å². The van der Waals surface area contributed by atoms with Gasteiger partial charge in [-0.15, -0.1) is 0 Å². The van der Waals surface area contributed by atoms with Crippen molar-refractivity contribution in [1.29, 1.82) is 0 Å². The van der Waals surface area contributed by atoms with Crippen LogP contribution in [0.5, 0.6) is 0 Å². The van der Waals surface area contributed by atoms with E-state index >= 15 is 0 Å². The lowest BCUT2D eigenvalue weighted by Crippen LogP contribution is -2.31. The summed E-state index contributed by atoms with van der Waals surface area (Å²) < 4.78 is 5.55. The minimum atomic E-state index is -0.532. The lowest BCUT2D eigenvalue weighted by molar-refractivity contribution is -0.141. The van der Waals surface area contributed by atoms with Gasteiger partial charge in [0.05, 0.1) is 19.0 Å². The number of esters is 1. The van der Waals surface area contributed by atoms with Gasteiger partial charge in [0.2, 0.25) is 0 Å². The number of aromatic nitrogens is 2. The second-order valence-electron chi connectivity index (χ2n) is 5.47. The van der Waals surface area contributed by atoms with E-state index < -0.39 is 11.5 Å². The molecule has 0 amide bonds. The van der Waals surface area contributed by atoms with E-state index in [0.717, 1.165) is 30.9 Å². The van der Waals surface area contributed by atoms with Gasteiger partial charge in [0, 0.05) is 26.2 Å². The van der Waals surface area contributed by atoms with Crippen LogP contribution in [0.4, 0.5) is 5.69 Å². The molecule has 0 saturated carbocycles. The molecule has 7 nitrogen and oxygen atoms in total. The van der Waals surface area contributed by atoms with E-state index in [0.29, 0.717) is 17.5 Å². The molecule has 114 valence electrons. The first kappa shape index (κ1) is 14.3. The van der Waals surface area contributed by atoms with E-state index in [4.69, 9.17) is 11.6 Å². The molecule has 1 aromatic heterocycles. The summed E-state index contributed by atoms with van der Waals surface area (Å²) in [5.74, 6) is 0.660. The molecule has 2 unspecified atom stereocenters. The van der Waals surface area contributed by atoms with E-state index in [2.05, 4.69) is 20.1 Å². The molecule has 0 aromatic carbocycles. The second-order valence-corrected chi connectivity index (χ2v) is 5.84. The van der Waals surface area contributed by atoms with Crippen molar-refractivity contribution in [3.63, 3.8) is 0 Å². The Morgan fingerprint density at radius 3 is 2.76 bits per heavy atom. The number of hydrogen-bond donors (Lipinski definition) is 1. The van der Waals surface area contributed by atoms with Crippen LogP contribution in [0.2, 0.25) is 5.02 Å². The number of ether oxygens (including phenoxy) is 1. The molecule has 2 fully saturated rings. The molecular weight excluding hydrogens is 296 g/mol. The second kappa shape index (κ2) is 5.65. The zero-order valence-electron chi connectivity index (χ0n) is 11.7. The van der Waals surface area contributed by atoms with Gasteiger partial charge < -0.3 is 15.0 Å². The molecule has 3 rings (SSSR count). The quantitative estimate of drug-likeness (QED) is 0.774. The van der Waals surface area contributed by atoms with Crippen molar-refractivity contribution < 1.29 is 9.53 Å². The van der Waals surface area contributed by atoms with Crippen LogP contribution in [0, 0.1) is 11.8 Å². The van der Waals surface area contributed by atoms with Gasteiger partial charge >= 0.3 is 5.97 Å². The fourth-order valence-electron chi connectivity index (χ4n) is 3.03. The summed E-state index contributed by atoms with van der Waals surface area (Å²) in [5, 5.41) is 7.51. The summed E-state index contributed by atoms with van der Waals surface area (Å²) in [5.41, 5.74) is 0.187. The molecule has 2 aliphatic rings. The number of carbonyl (C=O) groups is 1. The summed E-state index contributed by atoms with van der Waals surface area (Å²) in [6.07, 6.45) is 1.56. The Labute approximate surface area is 126 Å². The molecule has 2 saturated heterocycles. The predicted octanol–water partition coefficient (Wildman–Crippen LogP) is -0.275. The van der Waals surface area contributed by atoms with Gasteiger partial charge in [-0.05, 0) is 11.8 Å². The van der Waals surface area contributed by atoms with Crippen LogP contribution >= 0.6 is 11.6 Å². The van der Waals surface area contributed by atoms with E-state index in [1.165, 1.54) is 7.11 Å². The third-order valence-corrected chi connectivity index (χ3v) is 4.56. The maximum absolute atomic E-state index is 12.2. The summed E-state index contributed by atoms with van der Waals surface area (Å²) in [7, 11) is 1.26. The Kier molecular flexibility index (Phi) is 3.86. The first-order chi connectivity index (χ1) is 10.1. The lowest BCUT2D eigenvalue weighted by atomic mass is 10.0. The van der Waals surface area contributed by atoms with E-state index in [9.17, 15) is 9.59 Å². The summed E-state index contributed by atoms with van der Waals surface area (Å²) in [4.78, 5) is 25.5. The van der Waals surface area contributed by atoms with Gasteiger partial charge in [0.25, 0.3) is 5.56 Å². The van der Waals surface area contributed by atoms with Crippen LogP contribution in [0.25, 0.3) is 0 Å². The Balaban J connectivity index is 1.83. The van der Waals surface area contributed by atoms with E-state index in [1.807, 2.05) is 0 Å². The summed E-state index contributed by atoms with van der Waals surface area (Å²) >= 11 is 6.18. The van der Waals surface area contributed by atoms with Gasteiger partial charge in [-0.3, -0.25) is 9.59 Å². The van der Waals surface area contributed by atoms with Crippen LogP contribution in [-0.2, 0) is 16.1 Å². The minimum absolute atomic E-state index is 0.113. The van der Waals surface area contributed by atoms with Crippen molar-refractivity contribution in [2.45, 2.75) is 6.54 Å². The van der Waals surface area contributed by atoms with Crippen molar-refractivity contribution in [2.24, 2.45) is 11.8 Å². The van der Waals surface area contributed by atoms with Crippen molar-refractivity contribution in [2.75, 3.05) is 38.2 Å². The highest BCUT2D eigenvalue weighted by Crippen LogP contribution is 2.32. The average Bonchev–Trinajstić information content (AvgIpc) is 3.05. The number of halogens is 1. The van der Waals surface area contributed by atoms with Crippen LogP contribution in [0.1, 0.15) is 0 Å². The van der Waals surface area contributed by atoms with Crippen LogP contribution in [-0.4, -0.2) is 49.0 Å². The Bertz CT molecular complexity index is 606. The zero-order valence-corrected chi connectivity index (χ0v) is 12.5. The van der Waals surface area contributed by atoms with Gasteiger partial charge in [0.15, 0.2) is 0 Å². The van der Waals surface area contributed by atoms with E-state index in [-0.39, 0.29) is 11.6 Å². The van der Waals surface area contributed by atoms with Gasteiger partial charge in [-0.1, -0.05) is 11.6 Å². The Hall–Kier alpha value is -1.60. The highest BCUT2D eigenvalue weighted by atomic mass is 35.5. The molecule has 0 spiro atoms. The molecule has 1 N–H and O–H groups in total. The summed E-state index contributed by atoms with van der Waals surface area (Å²) in [6.45, 7) is 3.53. The molecule has 1 aromatic rings. The molecule has 0 radical (unpaired) electrons. The third-order valence-electron chi connectivity index (χ3n) is 4.20. The van der Waals surface area contributed by atoms with Gasteiger partial charge in [0.1, 0.15) is 11.6 Å². The van der Waals surface area contributed by atoms with Crippen LogP contribution < -0.4 is 15.8 Å². The fourth-order valence-corrected chi connectivity index (χ4v) is 3.29.